The molecule has 0 amide bonds. The first-order valence-electron chi connectivity index (χ1n) is 10.9. The molecule has 8 nitrogen and oxygen atoms in total. The summed E-state index contributed by atoms with van der Waals surface area (Å²) in [4.78, 5) is 24.6. The molecule has 2 N–H and O–H groups in total. The molecule has 0 radical (unpaired) electrons. The first kappa shape index (κ1) is 25.0. The van der Waals surface area contributed by atoms with Crippen LogP contribution in [0.4, 0.5) is 0 Å². The predicted octanol–water partition coefficient (Wildman–Crippen LogP) is 2.37. The standard InChI is InChI=1S/C22H40N2O6/c1-19(2)11-15(12-20(3,4)23(19)27)29-17(25)9-10-18(26)30-16-13-21(5,6)24(28)22(7,8)14-16/h15-16,23,28H,9-14H2,1-8H3. The van der Waals surface area contributed by atoms with Gasteiger partial charge in [0, 0.05) is 36.8 Å². The van der Waals surface area contributed by atoms with Crippen LogP contribution in [0.15, 0.2) is 0 Å². The van der Waals surface area contributed by atoms with Crippen LogP contribution in [0.2, 0.25) is 0 Å². The molecule has 0 aliphatic carbocycles. The monoisotopic (exact) mass is 428 g/mol. The maximum atomic E-state index is 12.5. The Hall–Kier alpha value is -1.22. The van der Waals surface area contributed by atoms with Crippen LogP contribution in [0.25, 0.3) is 0 Å². The number of nitrogens with one attached hydrogen (secondary N) is 1. The average Bonchev–Trinajstić information content (AvgIpc) is 2.54. The lowest BCUT2D eigenvalue weighted by atomic mass is 9.80. The number of hydrogen-bond acceptors (Lipinski definition) is 7. The maximum Gasteiger partial charge on any atom is 0.306 e. The number of nitrogens with zero attached hydrogens (tertiary/aromatic N) is 1. The van der Waals surface area contributed by atoms with Crippen molar-refractivity contribution >= 4 is 11.9 Å². The van der Waals surface area contributed by atoms with Gasteiger partial charge in [-0.15, -0.1) is 0 Å². The van der Waals surface area contributed by atoms with E-state index in [-0.39, 0.29) is 30.1 Å². The lowest BCUT2D eigenvalue weighted by Crippen LogP contribution is -3.23. The van der Waals surface area contributed by atoms with E-state index in [9.17, 15) is 20.0 Å². The van der Waals surface area contributed by atoms with Gasteiger partial charge in [-0.2, -0.15) is 5.06 Å². The zero-order valence-electron chi connectivity index (χ0n) is 19.8. The van der Waals surface area contributed by atoms with E-state index in [4.69, 9.17) is 9.47 Å². The van der Waals surface area contributed by atoms with Gasteiger partial charge in [0.15, 0.2) is 0 Å². The van der Waals surface area contributed by atoms with Gasteiger partial charge in [0.2, 0.25) is 0 Å². The average molecular weight is 429 g/mol. The fraction of sp³-hybridized carbons (Fsp3) is 0.909. The second-order valence-corrected chi connectivity index (χ2v) is 11.6. The smallest absolute Gasteiger partial charge is 0.306 e. The largest absolute Gasteiger partial charge is 0.634 e. The van der Waals surface area contributed by atoms with Crippen LogP contribution in [-0.4, -0.2) is 56.6 Å². The summed E-state index contributed by atoms with van der Waals surface area (Å²) in [6, 6.07) is 0. The number of esters is 2. The van der Waals surface area contributed by atoms with Crippen molar-refractivity contribution in [3.05, 3.63) is 5.21 Å². The normalized spacial score (nSPS) is 30.5. The molecule has 2 aliphatic heterocycles. The second-order valence-electron chi connectivity index (χ2n) is 11.6. The summed E-state index contributed by atoms with van der Waals surface area (Å²) in [6.07, 6.45) is 1.30. The molecule has 0 atom stereocenters. The fourth-order valence-corrected chi connectivity index (χ4v) is 5.35. The van der Waals surface area contributed by atoms with Crippen molar-refractivity contribution in [1.82, 2.24) is 5.06 Å². The SMILES string of the molecule is CC1(C)CC(OC(=O)CCC(=O)OC2CC(C)(C)[NH+]([O-])C(C)(C)C2)CC(C)(C)N1O. The number of rotatable bonds is 5. The summed E-state index contributed by atoms with van der Waals surface area (Å²) in [7, 11) is 0. The first-order chi connectivity index (χ1) is 13.5. The summed E-state index contributed by atoms with van der Waals surface area (Å²) >= 11 is 0. The topological polar surface area (TPSA) is 104 Å². The van der Waals surface area contributed by atoms with Gasteiger partial charge in [0.05, 0.1) is 23.9 Å². The first-order valence-corrected chi connectivity index (χ1v) is 10.9. The lowest BCUT2D eigenvalue weighted by molar-refractivity contribution is -0.956. The molecular weight excluding hydrogens is 388 g/mol. The highest BCUT2D eigenvalue weighted by Gasteiger charge is 2.47. The Morgan fingerprint density at radius 1 is 0.833 bits per heavy atom. The number of hydrogen-bond donors (Lipinski definition) is 2. The third-order valence-corrected chi connectivity index (χ3v) is 6.44. The summed E-state index contributed by atoms with van der Waals surface area (Å²) < 4.78 is 11.2. The summed E-state index contributed by atoms with van der Waals surface area (Å²) in [5.41, 5.74) is -2.09. The minimum atomic E-state index is -0.535. The summed E-state index contributed by atoms with van der Waals surface area (Å²) in [6.45, 7) is 15.2. The molecule has 0 aromatic rings. The van der Waals surface area contributed by atoms with E-state index in [0.717, 1.165) is 0 Å². The quantitative estimate of drug-likeness (QED) is 0.512. The molecule has 2 fully saturated rings. The van der Waals surface area contributed by atoms with Crippen LogP contribution in [0.5, 0.6) is 0 Å². The highest BCUT2D eigenvalue weighted by atomic mass is 16.6. The van der Waals surface area contributed by atoms with Crippen molar-refractivity contribution in [2.75, 3.05) is 0 Å². The van der Waals surface area contributed by atoms with E-state index >= 15 is 0 Å². The highest BCUT2D eigenvalue weighted by molar-refractivity contribution is 5.77. The lowest BCUT2D eigenvalue weighted by Gasteiger charge is -2.54. The molecular formula is C22H40N2O6. The van der Waals surface area contributed by atoms with Gasteiger partial charge in [0.1, 0.15) is 12.2 Å². The van der Waals surface area contributed by atoms with Gasteiger partial charge >= 0.3 is 11.9 Å². The van der Waals surface area contributed by atoms with Gasteiger partial charge in [0.25, 0.3) is 0 Å². The minimum Gasteiger partial charge on any atom is -0.634 e. The maximum absolute atomic E-state index is 12.5. The van der Waals surface area contributed by atoms with Gasteiger partial charge in [-0.1, -0.05) is 0 Å². The number of carbonyl (C=O) groups excluding carboxylic acids is 2. The Morgan fingerprint density at radius 3 is 1.53 bits per heavy atom. The van der Waals surface area contributed by atoms with E-state index in [1.54, 1.807) is 0 Å². The summed E-state index contributed by atoms with van der Waals surface area (Å²) in [5.74, 6) is -0.877. The van der Waals surface area contributed by atoms with Gasteiger partial charge < -0.3 is 25.0 Å². The van der Waals surface area contributed by atoms with Crippen LogP contribution in [-0.2, 0) is 19.1 Å². The molecule has 174 valence electrons. The Labute approximate surface area is 180 Å². The summed E-state index contributed by atoms with van der Waals surface area (Å²) in [5, 5.41) is 24.4. The fourth-order valence-electron chi connectivity index (χ4n) is 5.35. The Morgan fingerprint density at radius 2 is 1.17 bits per heavy atom. The molecule has 2 rings (SSSR count). The van der Waals surface area contributed by atoms with Gasteiger partial charge in [-0.05, 0) is 55.4 Å². The van der Waals surface area contributed by atoms with E-state index < -0.39 is 34.1 Å². The Balaban J connectivity index is 1.83. The van der Waals surface area contributed by atoms with E-state index in [1.807, 2.05) is 55.4 Å². The Bertz CT molecular complexity index is 566. The van der Waals surface area contributed by atoms with Crippen molar-refractivity contribution in [2.45, 2.75) is 128 Å². The number of quaternary nitrogens is 1. The molecule has 0 aromatic heterocycles. The molecule has 30 heavy (non-hydrogen) atoms. The molecule has 0 bridgehead atoms. The molecule has 0 saturated carbocycles. The zero-order chi connectivity index (χ0) is 23.1. The Kier molecular flexibility index (Phi) is 6.99. The van der Waals surface area contributed by atoms with Gasteiger partial charge in [-0.3, -0.25) is 9.59 Å². The molecule has 0 aromatic carbocycles. The predicted molar refractivity (Wildman–Crippen MR) is 112 cm³/mol. The number of ether oxygens (including phenoxy) is 2. The molecule has 2 saturated heterocycles. The molecule has 2 aliphatic rings. The molecule has 2 heterocycles. The minimum absolute atomic E-state index is 0.0442. The van der Waals surface area contributed by atoms with Crippen molar-refractivity contribution in [3.8, 4) is 0 Å². The van der Waals surface area contributed by atoms with Crippen molar-refractivity contribution in [2.24, 2.45) is 0 Å². The van der Waals surface area contributed by atoms with Crippen LogP contribution >= 0.6 is 0 Å². The second kappa shape index (κ2) is 8.37. The van der Waals surface area contributed by atoms with Crippen LogP contribution in [0, 0.1) is 5.21 Å². The van der Waals surface area contributed by atoms with Crippen LogP contribution < -0.4 is 5.06 Å². The van der Waals surface area contributed by atoms with Crippen molar-refractivity contribution < 1.29 is 29.3 Å². The van der Waals surface area contributed by atoms with Gasteiger partial charge in [-0.25, -0.2) is 0 Å². The third kappa shape index (κ3) is 5.72. The zero-order valence-corrected chi connectivity index (χ0v) is 19.8. The van der Waals surface area contributed by atoms with Crippen LogP contribution in [0.1, 0.15) is 93.9 Å². The van der Waals surface area contributed by atoms with E-state index in [1.165, 1.54) is 5.06 Å². The van der Waals surface area contributed by atoms with E-state index in [0.29, 0.717) is 25.7 Å². The van der Waals surface area contributed by atoms with Crippen molar-refractivity contribution in [1.29, 1.82) is 0 Å². The molecule has 8 heteroatoms. The van der Waals surface area contributed by atoms with E-state index in [2.05, 4.69) is 0 Å². The number of carbonyl (C=O) groups is 2. The molecule has 0 spiro atoms. The number of piperidine rings is 2. The van der Waals surface area contributed by atoms with Crippen molar-refractivity contribution in [3.63, 3.8) is 0 Å². The third-order valence-electron chi connectivity index (χ3n) is 6.44. The molecule has 0 unspecified atom stereocenters. The number of hydroxylamine groups is 4. The van der Waals surface area contributed by atoms with Crippen LogP contribution in [0.3, 0.4) is 0 Å². The highest BCUT2D eigenvalue weighted by Crippen LogP contribution is 2.38.